The predicted molar refractivity (Wildman–Crippen MR) is 68.1 cm³/mol. The maximum Gasteiger partial charge on any atom is 0.239 e. The van der Waals surface area contributed by atoms with Crippen LogP contribution < -0.4 is 11.3 Å². The molecular weight excluding hydrogens is 272 g/mol. The molecule has 10 heteroatoms. The third-order valence-corrected chi connectivity index (χ3v) is 4.03. The molecule has 0 aliphatic heterocycles. The van der Waals surface area contributed by atoms with Crippen molar-refractivity contribution in [1.82, 2.24) is 30.2 Å². The Morgan fingerprint density at radius 1 is 1.44 bits per heavy atom. The Morgan fingerprint density at radius 2 is 2.33 bits per heavy atom. The summed E-state index contributed by atoms with van der Waals surface area (Å²) in [4.78, 5) is 9.46. The van der Waals surface area contributed by atoms with E-state index < -0.39 is 0 Å². The topological polar surface area (TPSA) is 107 Å². The monoisotopic (exact) mass is 280 g/mol. The lowest BCUT2D eigenvalue weighted by Gasteiger charge is -2.03. The standard InChI is InChI=1S/C8H8N8S2/c1-16-8(13-14-15-16)18-6-4-2-3-17-5(4)10-7(11-6)12-9/h2-3H,9H2,1H3,(H,10,11,12). The molecule has 3 heterocycles. The van der Waals surface area contributed by atoms with Crippen molar-refractivity contribution in [2.45, 2.75) is 10.2 Å². The number of nitrogens with one attached hydrogen (secondary N) is 1. The second-order valence-electron chi connectivity index (χ2n) is 3.32. The fraction of sp³-hybridized carbons (Fsp3) is 0.125. The van der Waals surface area contributed by atoms with E-state index in [0.29, 0.717) is 11.1 Å². The molecule has 3 aromatic rings. The number of nitrogens with two attached hydrogens (primary N) is 1. The number of hydrogen-bond acceptors (Lipinski definition) is 9. The number of tetrazole rings is 1. The first kappa shape index (κ1) is 11.3. The lowest BCUT2D eigenvalue weighted by Crippen LogP contribution is -2.10. The average Bonchev–Trinajstić information content (AvgIpc) is 2.98. The SMILES string of the molecule is Cn1nnnc1Sc1nc(NN)nc2sccc12. The number of aryl methyl sites for hydroxylation is 1. The molecule has 0 aliphatic carbocycles. The van der Waals surface area contributed by atoms with Crippen molar-refractivity contribution < 1.29 is 0 Å². The molecule has 0 radical (unpaired) electrons. The number of thiophene rings is 1. The summed E-state index contributed by atoms with van der Waals surface area (Å²) in [6.07, 6.45) is 0. The predicted octanol–water partition coefficient (Wildman–Crippen LogP) is 0.652. The molecule has 3 aromatic heterocycles. The third kappa shape index (κ3) is 1.89. The summed E-state index contributed by atoms with van der Waals surface area (Å²) in [6, 6.07) is 1.96. The molecule has 0 saturated heterocycles. The fourth-order valence-electron chi connectivity index (χ4n) is 1.36. The summed E-state index contributed by atoms with van der Waals surface area (Å²) in [6.45, 7) is 0. The van der Waals surface area contributed by atoms with E-state index in [1.807, 2.05) is 11.4 Å². The molecule has 3 rings (SSSR count). The smallest absolute Gasteiger partial charge is 0.239 e. The van der Waals surface area contributed by atoms with Crippen LogP contribution in [-0.2, 0) is 7.05 Å². The molecule has 0 spiro atoms. The molecule has 0 atom stereocenters. The van der Waals surface area contributed by atoms with Gasteiger partial charge < -0.3 is 0 Å². The minimum absolute atomic E-state index is 0.377. The fourth-order valence-corrected chi connectivity index (χ4v) is 3.02. The van der Waals surface area contributed by atoms with Crippen molar-refractivity contribution in [1.29, 1.82) is 0 Å². The van der Waals surface area contributed by atoms with Crippen LogP contribution in [-0.4, -0.2) is 30.2 Å². The van der Waals surface area contributed by atoms with Gasteiger partial charge in [0, 0.05) is 12.4 Å². The molecule has 0 fully saturated rings. The van der Waals surface area contributed by atoms with Gasteiger partial charge in [0.25, 0.3) is 0 Å². The van der Waals surface area contributed by atoms with Gasteiger partial charge in [0.2, 0.25) is 11.1 Å². The number of nitrogen functional groups attached to an aromatic ring is 1. The van der Waals surface area contributed by atoms with E-state index in [0.717, 1.165) is 15.2 Å². The number of hydrogen-bond donors (Lipinski definition) is 2. The van der Waals surface area contributed by atoms with Gasteiger partial charge in [0.05, 0.1) is 0 Å². The highest BCUT2D eigenvalue weighted by Crippen LogP contribution is 2.32. The summed E-state index contributed by atoms with van der Waals surface area (Å²) in [5, 5.41) is 15.6. The zero-order valence-electron chi connectivity index (χ0n) is 9.23. The first-order valence-corrected chi connectivity index (χ1v) is 6.59. The van der Waals surface area contributed by atoms with Gasteiger partial charge in [0.1, 0.15) is 9.86 Å². The molecule has 18 heavy (non-hydrogen) atoms. The van der Waals surface area contributed by atoms with Gasteiger partial charge in [-0.05, 0) is 33.6 Å². The van der Waals surface area contributed by atoms with Gasteiger partial charge in [0.15, 0.2) is 0 Å². The molecule has 0 unspecified atom stereocenters. The number of rotatable bonds is 3. The lowest BCUT2D eigenvalue weighted by molar-refractivity contribution is 0.664. The van der Waals surface area contributed by atoms with Crippen LogP contribution in [0.2, 0.25) is 0 Å². The number of anilines is 1. The molecule has 8 nitrogen and oxygen atoms in total. The number of nitrogens with zero attached hydrogens (tertiary/aromatic N) is 6. The number of aromatic nitrogens is 6. The average molecular weight is 280 g/mol. The van der Waals surface area contributed by atoms with Crippen LogP contribution in [0.3, 0.4) is 0 Å². The van der Waals surface area contributed by atoms with Gasteiger partial charge in [-0.1, -0.05) is 0 Å². The van der Waals surface area contributed by atoms with Crippen molar-refractivity contribution in [3.05, 3.63) is 11.4 Å². The largest absolute Gasteiger partial charge is 0.292 e. The van der Waals surface area contributed by atoms with E-state index in [-0.39, 0.29) is 0 Å². The zero-order valence-corrected chi connectivity index (χ0v) is 10.9. The van der Waals surface area contributed by atoms with Crippen molar-refractivity contribution >= 4 is 39.3 Å². The highest BCUT2D eigenvalue weighted by Gasteiger charge is 2.13. The molecule has 0 aliphatic rings. The Balaban J connectivity index is 2.10. The highest BCUT2D eigenvalue weighted by atomic mass is 32.2. The number of hydrazine groups is 1. The van der Waals surface area contributed by atoms with Gasteiger partial charge in [-0.3, -0.25) is 5.43 Å². The normalized spacial score (nSPS) is 11.0. The molecule has 3 N–H and O–H groups in total. The second kappa shape index (κ2) is 4.48. The van der Waals surface area contributed by atoms with Crippen LogP contribution in [0.25, 0.3) is 10.2 Å². The summed E-state index contributed by atoms with van der Waals surface area (Å²) in [5.74, 6) is 5.73. The van der Waals surface area contributed by atoms with Crippen LogP contribution in [0.5, 0.6) is 0 Å². The summed E-state index contributed by atoms with van der Waals surface area (Å²) >= 11 is 2.90. The quantitative estimate of drug-likeness (QED) is 0.409. The van der Waals surface area contributed by atoms with Crippen LogP contribution in [0.15, 0.2) is 21.6 Å². The van der Waals surface area contributed by atoms with Crippen LogP contribution in [0, 0.1) is 0 Å². The Labute approximate surface area is 110 Å². The zero-order chi connectivity index (χ0) is 12.5. The van der Waals surface area contributed by atoms with Crippen LogP contribution >= 0.6 is 23.1 Å². The Bertz CT molecular complexity index is 689. The van der Waals surface area contributed by atoms with E-state index >= 15 is 0 Å². The summed E-state index contributed by atoms with van der Waals surface area (Å²) in [7, 11) is 1.77. The Morgan fingerprint density at radius 3 is 3.06 bits per heavy atom. The van der Waals surface area contributed by atoms with Gasteiger partial charge in [-0.25, -0.2) is 20.5 Å². The molecule has 0 saturated carbocycles. The maximum absolute atomic E-state index is 5.36. The molecule has 0 amide bonds. The van der Waals surface area contributed by atoms with Crippen molar-refractivity contribution in [3.8, 4) is 0 Å². The maximum atomic E-state index is 5.36. The molecular formula is C8H8N8S2. The second-order valence-corrected chi connectivity index (χ2v) is 5.17. The van der Waals surface area contributed by atoms with E-state index in [4.69, 9.17) is 5.84 Å². The first-order valence-electron chi connectivity index (χ1n) is 4.90. The van der Waals surface area contributed by atoms with Gasteiger partial charge in [-0.2, -0.15) is 0 Å². The van der Waals surface area contributed by atoms with Crippen LogP contribution in [0.4, 0.5) is 5.95 Å². The molecule has 92 valence electrons. The molecule has 0 bridgehead atoms. The van der Waals surface area contributed by atoms with Gasteiger partial charge in [-0.15, -0.1) is 16.4 Å². The van der Waals surface area contributed by atoms with E-state index in [1.54, 1.807) is 11.7 Å². The highest BCUT2D eigenvalue weighted by molar-refractivity contribution is 7.99. The minimum Gasteiger partial charge on any atom is -0.292 e. The van der Waals surface area contributed by atoms with Crippen molar-refractivity contribution in [3.63, 3.8) is 0 Å². The molecule has 0 aromatic carbocycles. The lowest BCUT2D eigenvalue weighted by atomic mass is 10.4. The van der Waals surface area contributed by atoms with Crippen molar-refractivity contribution in [2.75, 3.05) is 5.43 Å². The van der Waals surface area contributed by atoms with Gasteiger partial charge >= 0.3 is 0 Å². The minimum atomic E-state index is 0.377. The first-order chi connectivity index (χ1) is 8.78. The summed E-state index contributed by atoms with van der Waals surface area (Å²) < 4.78 is 1.58. The number of fused-ring (bicyclic) bond motifs is 1. The Hall–Kier alpha value is -1.78. The van der Waals surface area contributed by atoms with E-state index in [1.165, 1.54) is 23.1 Å². The Kier molecular flexibility index (Phi) is 2.81. The van der Waals surface area contributed by atoms with Crippen molar-refractivity contribution in [2.24, 2.45) is 12.9 Å². The van der Waals surface area contributed by atoms with E-state index in [9.17, 15) is 0 Å². The van der Waals surface area contributed by atoms with E-state index in [2.05, 4.69) is 30.9 Å². The summed E-state index contributed by atoms with van der Waals surface area (Å²) in [5.41, 5.74) is 2.46. The van der Waals surface area contributed by atoms with Crippen LogP contribution in [0.1, 0.15) is 0 Å². The third-order valence-electron chi connectivity index (χ3n) is 2.19.